The van der Waals surface area contributed by atoms with Crippen LogP contribution in [-0.4, -0.2) is 41.1 Å². The molecular weight excluding hydrogens is 428 g/mol. The Bertz CT molecular complexity index is 1310. The zero-order valence-corrected chi connectivity index (χ0v) is 18.6. The highest BCUT2D eigenvalue weighted by molar-refractivity contribution is 5.84. The number of nitrogens with one attached hydrogen (secondary N) is 1. The molecule has 6 rings (SSSR count). The topological polar surface area (TPSA) is 96.5 Å². The first-order valence-electron chi connectivity index (χ1n) is 11.6. The van der Waals surface area contributed by atoms with Crippen LogP contribution in [0.2, 0.25) is 0 Å². The summed E-state index contributed by atoms with van der Waals surface area (Å²) < 4.78 is 6.39. The van der Waals surface area contributed by atoms with E-state index >= 15 is 0 Å². The number of furan rings is 1. The predicted molar refractivity (Wildman–Crippen MR) is 130 cm³/mol. The van der Waals surface area contributed by atoms with E-state index in [4.69, 9.17) is 4.42 Å². The van der Waals surface area contributed by atoms with Crippen molar-refractivity contribution in [1.29, 1.82) is 0 Å². The van der Waals surface area contributed by atoms with Crippen molar-refractivity contribution in [2.24, 2.45) is 5.18 Å². The minimum Gasteiger partial charge on any atom is -0.455 e. The Morgan fingerprint density at radius 3 is 2.53 bits per heavy atom. The van der Waals surface area contributed by atoms with Crippen molar-refractivity contribution in [2.45, 2.75) is 18.9 Å². The van der Waals surface area contributed by atoms with Crippen molar-refractivity contribution in [3.63, 3.8) is 0 Å². The lowest BCUT2D eigenvalue weighted by molar-refractivity contribution is 0.579. The summed E-state index contributed by atoms with van der Waals surface area (Å²) in [5.74, 6) is 2.22. The number of aromatic nitrogens is 3. The Kier molecular flexibility index (Phi) is 5.35. The number of piperazine rings is 1. The van der Waals surface area contributed by atoms with E-state index < -0.39 is 0 Å². The van der Waals surface area contributed by atoms with Crippen molar-refractivity contribution < 1.29 is 4.42 Å². The molecule has 8 heteroatoms. The third-order valence-corrected chi connectivity index (χ3v) is 6.62. The summed E-state index contributed by atoms with van der Waals surface area (Å²) in [7, 11) is 0. The maximum Gasteiger partial charge on any atom is 0.225 e. The van der Waals surface area contributed by atoms with Gasteiger partial charge in [0.05, 0.1) is 5.56 Å². The Balaban J connectivity index is 1.39. The van der Waals surface area contributed by atoms with E-state index in [2.05, 4.69) is 36.4 Å². The van der Waals surface area contributed by atoms with Gasteiger partial charge in [-0.15, -0.1) is 0 Å². The molecule has 170 valence electrons. The van der Waals surface area contributed by atoms with Gasteiger partial charge in [-0.25, -0.2) is 9.97 Å². The Hall–Kier alpha value is -3.91. The molecule has 0 bridgehead atoms. The predicted octanol–water partition coefficient (Wildman–Crippen LogP) is 4.63. The van der Waals surface area contributed by atoms with Crippen LogP contribution in [0.5, 0.6) is 0 Å². The molecule has 1 unspecified atom stereocenters. The third kappa shape index (κ3) is 3.76. The van der Waals surface area contributed by atoms with Crippen LogP contribution in [-0.2, 0) is 6.42 Å². The van der Waals surface area contributed by atoms with Gasteiger partial charge in [0.2, 0.25) is 5.95 Å². The number of hydrogen-bond donors (Lipinski definition) is 1. The summed E-state index contributed by atoms with van der Waals surface area (Å²) >= 11 is 0. The van der Waals surface area contributed by atoms with E-state index in [0.717, 1.165) is 78.5 Å². The highest BCUT2D eigenvalue weighted by Gasteiger charge is 2.25. The molecular formula is C26H24N6O2. The van der Waals surface area contributed by atoms with Crippen molar-refractivity contribution in [3.8, 4) is 33.8 Å². The third-order valence-electron chi connectivity index (χ3n) is 6.62. The minimum atomic E-state index is -0.241. The Morgan fingerprint density at radius 2 is 1.76 bits per heavy atom. The van der Waals surface area contributed by atoms with Gasteiger partial charge >= 0.3 is 0 Å². The van der Waals surface area contributed by atoms with Crippen LogP contribution in [0.4, 0.5) is 5.95 Å². The molecule has 8 nitrogen and oxygen atoms in total. The fourth-order valence-corrected chi connectivity index (χ4v) is 4.81. The van der Waals surface area contributed by atoms with Crippen LogP contribution in [0.15, 0.2) is 70.8 Å². The smallest absolute Gasteiger partial charge is 0.225 e. The molecule has 3 aromatic heterocycles. The van der Waals surface area contributed by atoms with Gasteiger partial charge in [0, 0.05) is 62.1 Å². The molecule has 1 atom stereocenters. The summed E-state index contributed by atoms with van der Waals surface area (Å²) in [6.45, 7) is 3.67. The second-order valence-corrected chi connectivity index (χ2v) is 8.67. The summed E-state index contributed by atoms with van der Waals surface area (Å²) in [5, 5.41) is 6.63. The lowest BCUT2D eigenvalue weighted by Gasteiger charge is -2.27. The second kappa shape index (κ2) is 8.79. The van der Waals surface area contributed by atoms with Gasteiger partial charge in [-0.3, -0.25) is 4.98 Å². The molecule has 1 fully saturated rings. The van der Waals surface area contributed by atoms with E-state index in [1.54, 1.807) is 12.4 Å². The fraction of sp³-hybridized carbons (Fsp3) is 0.269. The molecule has 4 heterocycles. The molecule has 1 aliphatic heterocycles. The summed E-state index contributed by atoms with van der Waals surface area (Å²) in [5.41, 5.74) is 6.01. The first-order chi connectivity index (χ1) is 16.8. The van der Waals surface area contributed by atoms with Gasteiger partial charge in [0.1, 0.15) is 17.6 Å². The first kappa shape index (κ1) is 20.7. The van der Waals surface area contributed by atoms with E-state index in [0.29, 0.717) is 5.76 Å². The minimum absolute atomic E-state index is 0.241. The number of benzene rings is 1. The van der Waals surface area contributed by atoms with Gasteiger partial charge in [-0.05, 0) is 47.7 Å². The molecule has 0 spiro atoms. The van der Waals surface area contributed by atoms with Crippen LogP contribution in [0.1, 0.15) is 23.6 Å². The number of hydrogen-bond acceptors (Lipinski definition) is 8. The van der Waals surface area contributed by atoms with Gasteiger partial charge in [0.25, 0.3) is 0 Å². The van der Waals surface area contributed by atoms with Crippen molar-refractivity contribution >= 4 is 5.95 Å². The van der Waals surface area contributed by atoms with E-state index in [1.807, 2.05) is 42.7 Å². The number of anilines is 1. The van der Waals surface area contributed by atoms with Gasteiger partial charge in [-0.2, -0.15) is 4.91 Å². The van der Waals surface area contributed by atoms with Crippen molar-refractivity contribution in [2.75, 3.05) is 31.1 Å². The highest BCUT2D eigenvalue weighted by atomic mass is 16.3. The number of aryl methyl sites for hydroxylation is 1. The van der Waals surface area contributed by atoms with Crippen molar-refractivity contribution in [3.05, 3.63) is 77.2 Å². The van der Waals surface area contributed by atoms with Crippen LogP contribution < -0.4 is 10.2 Å². The first-order valence-corrected chi connectivity index (χ1v) is 11.6. The Morgan fingerprint density at radius 1 is 0.971 bits per heavy atom. The van der Waals surface area contributed by atoms with Crippen LogP contribution in [0, 0.1) is 4.91 Å². The number of pyridine rings is 1. The maximum absolute atomic E-state index is 11.2. The van der Waals surface area contributed by atoms with E-state index in [-0.39, 0.29) is 6.04 Å². The van der Waals surface area contributed by atoms with Crippen LogP contribution >= 0.6 is 0 Å². The second-order valence-electron chi connectivity index (χ2n) is 8.67. The molecule has 1 aliphatic carbocycles. The van der Waals surface area contributed by atoms with E-state index in [9.17, 15) is 4.91 Å². The zero-order valence-electron chi connectivity index (χ0n) is 18.6. The zero-order chi connectivity index (χ0) is 22.9. The van der Waals surface area contributed by atoms with Gasteiger partial charge in [-0.1, -0.05) is 23.4 Å². The summed E-state index contributed by atoms with van der Waals surface area (Å²) in [4.78, 5) is 26.7. The number of fused-ring (bicyclic) bond motifs is 1. The molecule has 34 heavy (non-hydrogen) atoms. The van der Waals surface area contributed by atoms with E-state index in [1.165, 1.54) is 5.56 Å². The summed E-state index contributed by atoms with van der Waals surface area (Å²) in [6.07, 6.45) is 8.80. The van der Waals surface area contributed by atoms with Crippen LogP contribution in [0.3, 0.4) is 0 Å². The number of rotatable bonds is 5. The molecule has 4 aromatic rings. The monoisotopic (exact) mass is 452 g/mol. The molecule has 0 radical (unpaired) electrons. The molecule has 0 saturated carbocycles. The average molecular weight is 453 g/mol. The largest absolute Gasteiger partial charge is 0.455 e. The molecule has 1 N–H and O–H groups in total. The standard InChI is InChI=1S/C26H24N6O2/c33-31-23-4-2-18-13-19(1-3-21(18)23)22-14-24(34-25(22)17-5-7-27-8-6-17)20-15-29-26(30-16-20)32-11-9-28-10-12-32/h1,3,5-8,13-16,23,28H,2,4,9-12H2. The van der Waals surface area contributed by atoms with Crippen LogP contribution in [0.25, 0.3) is 33.8 Å². The SMILES string of the molecule is O=NC1CCc2cc(-c3cc(-c4cnc(N5CCNCC5)nc4)oc3-c3ccncc3)ccc21. The average Bonchev–Trinajstić information content (AvgIpc) is 3.54. The molecule has 1 saturated heterocycles. The van der Waals surface area contributed by atoms with Crippen molar-refractivity contribution in [1.82, 2.24) is 20.3 Å². The highest BCUT2D eigenvalue weighted by Crippen LogP contribution is 2.41. The molecule has 0 amide bonds. The summed E-state index contributed by atoms with van der Waals surface area (Å²) in [6, 6.07) is 11.9. The number of nitrogens with zero attached hydrogens (tertiary/aromatic N) is 5. The molecule has 1 aromatic carbocycles. The normalized spacial score (nSPS) is 17.5. The fourth-order valence-electron chi connectivity index (χ4n) is 4.81. The lowest BCUT2D eigenvalue weighted by Crippen LogP contribution is -2.44. The Labute approximate surface area is 197 Å². The van der Waals surface area contributed by atoms with Gasteiger partial charge in [0.15, 0.2) is 0 Å². The van der Waals surface area contributed by atoms with Gasteiger partial charge < -0.3 is 14.6 Å². The number of nitroso groups, excluding NO2 is 1. The lowest BCUT2D eigenvalue weighted by atomic mass is 9.98. The quantitative estimate of drug-likeness (QED) is 0.441. The maximum atomic E-state index is 11.2. The molecule has 2 aliphatic rings.